The predicted molar refractivity (Wildman–Crippen MR) is 329 cm³/mol. The van der Waals surface area contributed by atoms with E-state index in [2.05, 4.69) is 32.2 Å². The summed E-state index contributed by atoms with van der Waals surface area (Å²) in [7, 11) is 0. The van der Waals surface area contributed by atoms with E-state index < -0.39 is 67.4 Å². The van der Waals surface area contributed by atoms with Gasteiger partial charge < -0.3 is 45.1 Å². The van der Waals surface area contributed by atoms with Gasteiger partial charge in [-0.15, -0.1) is 0 Å². The molecule has 0 aliphatic carbocycles. The van der Waals surface area contributed by atoms with Crippen LogP contribution in [0.25, 0.3) is 0 Å². The van der Waals surface area contributed by atoms with Gasteiger partial charge in [0.25, 0.3) is 0 Å². The van der Waals surface area contributed by atoms with Crippen molar-refractivity contribution in [3.63, 3.8) is 0 Å². The van der Waals surface area contributed by atoms with Gasteiger partial charge in [0.2, 0.25) is 5.91 Å². The average Bonchev–Trinajstić information content (AvgIpc) is 3.45. The Balaban J connectivity index is 2.63. The van der Waals surface area contributed by atoms with E-state index in [1.165, 1.54) is 161 Å². The van der Waals surface area contributed by atoms with E-state index in [1.54, 1.807) is 6.08 Å². The minimum absolute atomic E-state index is 0.118. The summed E-state index contributed by atoms with van der Waals surface area (Å²) in [6, 6.07) is -1.05. The normalized spacial score (nSPS) is 19.4. The molecule has 0 spiro atoms. The quantitative estimate of drug-likeness (QED) is 0.0149. The molecule has 8 unspecified atom stereocenters. The molecule has 0 saturated carbocycles. The minimum Gasteiger partial charge on any atom is -0.454 e. The molecule has 0 aromatic rings. The fourth-order valence-electron chi connectivity index (χ4n) is 9.86. The number of hydrogen-bond donors (Lipinski definition) is 6. The van der Waals surface area contributed by atoms with Crippen LogP contribution >= 0.6 is 0 Å². The number of carbonyl (C=O) groups is 2. The first-order valence-corrected chi connectivity index (χ1v) is 32.4. The summed E-state index contributed by atoms with van der Waals surface area (Å²) in [4.78, 5) is 26.5. The SMILES string of the molecule is CC\C=C/C=C/C=C/C=C\C=C\C=C\CCCCC(O)C(=O)NC(COC1OC(CO)C(O)C(O)C1OC(=O)CCCCCCCCCCCCCCCCCCCCCCCCC)C(O)/C=C/CCCCCCCCCCC. The maximum absolute atomic E-state index is 13.4. The van der Waals surface area contributed by atoms with E-state index in [0.29, 0.717) is 12.8 Å². The van der Waals surface area contributed by atoms with Crippen LogP contribution in [-0.2, 0) is 23.8 Å². The van der Waals surface area contributed by atoms with Crippen LogP contribution in [-0.4, -0.2) is 99.6 Å². The number of carbonyl (C=O) groups excluding carboxylic acids is 2. The number of aliphatic hydroxyl groups excluding tert-OH is 5. The molecule has 1 saturated heterocycles. The molecule has 1 heterocycles. The number of aliphatic hydroxyl groups is 5. The van der Waals surface area contributed by atoms with E-state index in [9.17, 15) is 35.1 Å². The smallest absolute Gasteiger partial charge is 0.306 e. The lowest BCUT2D eigenvalue weighted by Crippen LogP contribution is -2.61. The standard InChI is InChI=1S/C68H119NO10/c1-4-7-10-13-16-19-22-24-26-28-29-30-31-32-33-34-36-38-41-44-47-50-53-56-63(73)79-66-65(75)64(74)62(57-70)78-68(66)77-58-59(60(71)54-51-48-45-42-39-21-18-15-12-9-6-3)69-67(76)61(72)55-52-49-46-43-40-37-35-27-25-23-20-17-14-11-8-5-2/h8,11,14,17,20,23,25,27,35,37,40,43,51,54,59-62,64-66,68,70-72,74-75H,4-7,9-10,12-13,15-16,18-19,21-22,24,26,28-34,36,38-39,41-42,44-50,52-53,55-58H2,1-3H3,(H,69,76)/b11-8-,17-14+,23-20+,27-25-,37-35+,43-40+,54-51+. The number of ether oxygens (including phenoxy) is 3. The van der Waals surface area contributed by atoms with Crippen molar-refractivity contribution in [1.82, 2.24) is 5.32 Å². The number of nitrogens with one attached hydrogen (secondary N) is 1. The van der Waals surface area contributed by atoms with Crippen molar-refractivity contribution in [3.05, 3.63) is 85.1 Å². The van der Waals surface area contributed by atoms with Crippen LogP contribution in [0.2, 0.25) is 0 Å². The summed E-state index contributed by atoms with van der Waals surface area (Å²) < 4.78 is 17.6. The van der Waals surface area contributed by atoms with Crippen molar-refractivity contribution in [2.24, 2.45) is 0 Å². The highest BCUT2D eigenvalue weighted by Crippen LogP contribution is 2.26. The van der Waals surface area contributed by atoms with E-state index in [0.717, 1.165) is 64.2 Å². The Morgan fingerprint density at radius 3 is 1.37 bits per heavy atom. The van der Waals surface area contributed by atoms with E-state index >= 15 is 0 Å². The second-order valence-corrected chi connectivity index (χ2v) is 22.3. The van der Waals surface area contributed by atoms with Crippen LogP contribution in [0.3, 0.4) is 0 Å². The molecule has 11 heteroatoms. The first kappa shape index (κ1) is 73.9. The summed E-state index contributed by atoms with van der Waals surface area (Å²) in [5, 5.41) is 56.9. The van der Waals surface area contributed by atoms with Gasteiger partial charge in [-0.25, -0.2) is 0 Å². The number of unbranched alkanes of at least 4 members (excludes halogenated alkanes) is 33. The third-order valence-corrected chi connectivity index (χ3v) is 15.0. The largest absolute Gasteiger partial charge is 0.454 e. The Bertz CT molecular complexity index is 1610. The zero-order chi connectivity index (χ0) is 57.5. The molecule has 79 heavy (non-hydrogen) atoms. The van der Waals surface area contributed by atoms with Gasteiger partial charge in [-0.3, -0.25) is 9.59 Å². The monoisotopic (exact) mass is 1110 g/mol. The maximum atomic E-state index is 13.4. The summed E-state index contributed by atoms with van der Waals surface area (Å²) in [6.07, 6.45) is 62.1. The molecule has 1 fully saturated rings. The van der Waals surface area contributed by atoms with Gasteiger partial charge in [0.15, 0.2) is 12.4 Å². The number of amides is 1. The van der Waals surface area contributed by atoms with Gasteiger partial charge in [0.1, 0.15) is 24.4 Å². The average molecular weight is 1110 g/mol. The van der Waals surface area contributed by atoms with Crippen molar-refractivity contribution in [3.8, 4) is 0 Å². The third kappa shape index (κ3) is 43.2. The van der Waals surface area contributed by atoms with Crippen LogP contribution in [0.15, 0.2) is 85.1 Å². The van der Waals surface area contributed by atoms with Crippen LogP contribution < -0.4 is 5.32 Å². The maximum Gasteiger partial charge on any atom is 0.306 e. The Morgan fingerprint density at radius 2 is 0.911 bits per heavy atom. The Labute approximate surface area is 483 Å². The highest BCUT2D eigenvalue weighted by atomic mass is 16.7. The van der Waals surface area contributed by atoms with Gasteiger partial charge in [0, 0.05) is 6.42 Å². The Morgan fingerprint density at radius 1 is 0.506 bits per heavy atom. The third-order valence-electron chi connectivity index (χ3n) is 15.0. The van der Waals surface area contributed by atoms with Crippen molar-refractivity contribution in [2.75, 3.05) is 13.2 Å². The van der Waals surface area contributed by atoms with Crippen LogP contribution in [0, 0.1) is 0 Å². The lowest BCUT2D eigenvalue weighted by molar-refractivity contribution is -0.305. The predicted octanol–water partition coefficient (Wildman–Crippen LogP) is 15.7. The molecule has 456 valence electrons. The molecule has 11 nitrogen and oxygen atoms in total. The topological polar surface area (TPSA) is 175 Å². The summed E-state index contributed by atoms with van der Waals surface area (Å²) >= 11 is 0. The molecule has 1 aliphatic rings. The molecule has 1 aliphatic heterocycles. The fourth-order valence-corrected chi connectivity index (χ4v) is 9.86. The van der Waals surface area contributed by atoms with Gasteiger partial charge in [-0.1, -0.05) is 305 Å². The molecular weight excluding hydrogens is 991 g/mol. The molecule has 0 radical (unpaired) electrons. The minimum atomic E-state index is -1.62. The second-order valence-electron chi connectivity index (χ2n) is 22.3. The number of rotatable bonds is 54. The molecular formula is C68H119NO10. The summed E-state index contributed by atoms with van der Waals surface area (Å²) in [6.45, 7) is 5.62. The fraction of sp³-hybridized carbons (Fsp3) is 0.765. The van der Waals surface area contributed by atoms with Crippen LogP contribution in [0.1, 0.15) is 271 Å². The van der Waals surface area contributed by atoms with Crippen LogP contribution in [0.4, 0.5) is 0 Å². The number of esters is 1. The molecule has 1 rings (SSSR count). The highest BCUT2D eigenvalue weighted by molar-refractivity contribution is 5.80. The Hall–Kier alpha value is -3.16. The molecule has 1 amide bonds. The molecule has 8 atom stereocenters. The highest BCUT2D eigenvalue weighted by Gasteiger charge is 2.47. The van der Waals surface area contributed by atoms with E-state index in [4.69, 9.17) is 14.2 Å². The molecule has 6 N–H and O–H groups in total. The van der Waals surface area contributed by atoms with Gasteiger partial charge in [-0.05, 0) is 44.9 Å². The number of allylic oxidation sites excluding steroid dienone is 13. The van der Waals surface area contributed by atoms with Crippen molar-refractivity contribution in [2.45, 2.75) is 320 Å². The zero-order valence-corrected chi connectivity index (χ0v) is 50.5. The number of hydrogen-bond acceptors (Lipinski definition) is 10. The zero-order valence-electron chi connectivity index (χ0n) is 50.5. The lowest BCUT2D eigenvalue weighted by Gasteiger charge is -2.41. The summed E-state index contributed by atoms with van der Waals surface area (Å²) in [5.41, 5.74) is 0. The van der Waals surface area contributed by atoms with E-state index in [1.807, 2.05) is 72.9 Å². The van der Waals surface area contributed by atoms with Crippen molar-refractivity contribution < 1.29 is 49.3 Å². The van der Waals surface area contributed by atoms with Crippen molar-refractivity contribution >= 4 is 11.9 Å². The van der Waals surface area contributed by atoms with E-state index in [-0.39, 0.29) is 19.4 Å². The molecule has 0 aromatic carbocycles. The molecule has 0 aromatic heterocycles. The lowest BCUT2D eigenvalue weighted by atomic mass is 9.99. The van der Waals surface area contributed by atoms with Gasteiger partial charge >= 0.3 is 5.97 Å². The van der Waals surface area contributed by atoms with Gasteiger partial charge in [0.05, 0.1) is 25.4 Å². The first-order chi connectivity index (χ1) is 38.7. The Kier molecular flexibility index (Phi) is 51.8. The van der Waals surface area contributed by atoms with Crippen LogP contribution in [0.5, 0.6) is 0 Å². The first-order valence-electron chi connectivity index (χ1n) is 32.4. The second kappa shape index (κ2) is 55.4. The molecule has 0 bridgehead atoms. The van der Waals surface area contributed by atoms with Crippen molar-refractivity contribution in [1.29, 1.82) is 0 Å². The van der Waals surface area contributed by atoms with Gasteiger partial charge in [-0.2, -0.15) is 0 Å². The summed E-state index contributed by atoms with van der Waals surface area (Å²) in [5.74, 6) is -1.24.